The molecule has 5 rings (SSSR count). The molecule has 2 unspecified atom stereocenters. The zero-order valence-electron chi connectivity index (χ0n) is 18.3. The van der Waals surface area contributed by atoms with Crippen LogP contribution in [0.25, 0.3) is 6.08 Å². The monoisotopic (exact) mass is 476 g/mol. The Bertz CT molecular complexity index is 1190. The summed E-state index contributed by atoms with van der Waals surface area (Å²) in [5.41, 5.74) is 3.68. The Kier molecular flexibility index (Phi) is 6.24. The Hall–Kier alpha value is -3.03. The van der Waals surface area contributed by atoms with Gasteiger partial charge in [0.25, 0.3) is 5.91 Å². The van der Waals surface area contributed by atoms with Crippen LogP contribution in [0.2, 0.25) is 0 Å². The van der Waals surface area contributed by atoms with Gasteiger partial charge in [-0.25, -0.2) is 9.80 Å². The molecule has 1 saturated carbocycles. The molecule has 0 bridgehead atoms. The molecular weight excluding hydrogens is 452 g/mol. The summed E-state index contributed by atoms with van der Waals surface area (Å²) < 4.78 is 5.36. The van der Waals surface area contributed by atoms with Gasteiger partial charge in [0.15, 0.2) is 6.61 Å². The van der Waals surface area contributed by atoms with Gasteiger partial charge in [-0.1, -0.05) is 29.8 Å². The van der Waals surface area contributed by atoms with Crippen LogP contribution >= 0.6 is 22.7 Å². The number of aryl methyl sites for hydroxylation is 1. The summed E-state index contributed by atoms with van der Waals surface area (Å²) in [6, 6.07) is 15.2. The number of hydrogen-bond donors (Lipinski definition) is 0. The number of carbonyl (C=O) groups excluding carboxylic acids is 2. The number of hydrogen-bond acceptors (Lipinski definition) is 6. The lowest BCUT2D eigenvalue weighted by atomic mass is 9.79. The molecular formula is C26H24N2O3S2. The van der Waals surface area contributed by atoms with Crippen molar-refractivity contribution in [2.75, 3.05) is 6.61 Å². The van der Waals surface area contributed by atoms with Crippen molar-refractivity contribution in [3.05, 3.63) is 85.7 Å². The maximum absolute atomic E-state index is 13.2. The third-order valence-electron chi connectivity index (χ3n) is 6.07. The second-order valence-electron chi connectivity index (χ2n) is 8.31. The summed E-state index contributed by atoms with van der Waals surface area (Å²) in [5.74, 6) is -0.648. The summed E-state index contributed by atoms with van der Waals surface area (Å²) >= 11 is 3.33. The molecule has 1 aromatic carbocycles. The van der Waals surface area contributed by atoms with E-state index in [4.69, 9.17) is 9.84 Å². The fourth-order valence-corrected chi connectivity index (χ4v) is 6.01. The van der Waals surface area contributed by atoms with Crippen LogP contribution in [0.1, 0.15) is 51.0 Å². The number of fused-ring (bicyclic) bond motifs is 1. The first-order chi connectivity index (χ1) is 16.1. The van der Waals surface area contributed by atoms with Gasteiger partial charge in [-0.15, -0.1) is 22.7 Å². The smallest absolute Gasteiger partial charge is 0.338 e. The molecule has 1 aliphatic carbocycles. The van der Waals surface area contributed by atoms with Crippen LogP contribution in [0.4, 0.5) is 0 Å². The summed E-state index contributed by atoms with van der Waals surface area (Å²) in [6.07, 6.45) is 5.20. The summed E-state index contributed by atoms with van der Waals surface area (Å²) in [5, 5.41) is 10.5. The largest absolute Gasteiger partial charge is 0.452 e. The summed E-state index contributed by atoms with van der Waals surface area (Å²) in [7, 11) is 0. The van der Waals surface area contributed by atoms with E-state index in [0.717, 1.165) is 35.4 Å². The van der Waals surface area contributed by atoms with Gasteiger partial charge in [-0.05, 0) is 72.9 Å². The number of allylic oxidation sites excluding steroid dienone is 1. The van der Waals surface area contributed by atoms with E-state index in [1.165, 1.54) is 10.5 Å². The van der Waals surface area contributed by atoms with Crippen LogP contribution in [-0.2, 0) is 9.53 Å². The molecule has 168 valence electrons. The molecule has 1 amide bonds. The van der Waals surface area contributed by atoms with E-state index in [1.807, 2.05) is 36.6 Å². The van der Waals surface area contributed by atoms with E-state index < -0.39 is 5.97 Å². The van der Waals surface area contributed by atoms with Crippen molar-refractivity contribution in [2.45, 2.75) is 32.2 Å². The minimum atomic E-state index is -0.501. The van der Waals surface area contributed by atoms with E-state index in [1.54, 1.807) is 39.8 Å². The molecule has 0 radical (unpaired) electrons. The van der Waals surface area contributed by atoms with Crippen molar-refractivity contribution < 1.29 is 14.3 Å². The minimum Gasteiger partial charge on any atom is -0.452 e. The summed E-state index contributed by atoms with van der Waals surface area (Å²) in [6.45, 7) is 1.62. The Labute approximate surface area is 201 Å². The van der Waals surface area contributed by atoms with Crippen molar-refractivity contribution in [2.24, 2.45) is 11.0 Å². The molecule has 2 aliphatic rings. The number of nitrogens with zero attached hydrogens (tertiary/aromatic N) is 2. The van der Waals surface area contributed by atoms with Crippen LogP contribution in [0.3, 0.4) is 0 Å². The molecule has 0 N–H and O–H groups in total. The van der Waals surface area contributed by atoms with Crippen LogP contribution in [0.5, 0.6) is 0 Å². The van der Waals surface area contributed by atoms with Gasteiger partial charge in [-0.2, -0.15) is 5.10 Å². The lowest BCUT2D eigenvalue weighted by Crippen LogP contribution is -2.34. The number of carbonyl (C=O) groups is 2. The molecule has 0 spiro atoms. The second-order valence-corrected chi connectivity index (χ2v) is 10.3. The Balaban J connectivity index is 1.39. The van der Waals surface area contributed by atoms with Gasteiger partial charge in [0.05, 0.1) is 17.3 Å². The van der Waals surface area contributed by atoms with Crippen molar-refractivity contribution >= 4 is 46.3 Å². The average Bonchev–Trinajstić information content (AvgIpc) is 3.58. The normalized spacial score (nSPS) is 21.1. The number of hydrazone groups is 1. The predicted octanol–water partition coefficient (Wildman–Crippen LogP) is 6.10. The highest BCUT2D eigenvalue weighted by molar-refractivity contribution is 7.11. The molecule has 1 fully saturated rings. The maximum atomic E-state index is 13.2. The summed E-state index contributed by atoms with van der Waals surface area (Å²) in [4.78, 5) is 28.0. The topological polar surface area (TPSA) is 59.0 Å². The predicted molar refractivity (Wildman–Crippen MR) is 132 cm³/mol. The molecule has 1 aliphatic heterocycles. The number of amides is 1. The van der Waals surface area contributed by atoms with E-state index in [-0.39, 0.29) is 24.5 Å². The van der Waals surface area contributed by atoms with Crippen molar-refractivity contribution in [3.8, 4) is 0 Å². The van der Waals surface area contributed by atoms with E-state index in [2.05, 4.69) is 23.6 Å². The van der Waals surface area contributed by atoms with Gasteiger partial charge in [0, 0.05) is 15.7 Å². The average molecular weight is 477 g/mol. The van der Waals surface area contributed by atoms with Gasteiger partial charge in [0.2, 0.25) is 0 Å². The highest BCUT2D eigenvalue weighted by atomic mass is 32.1. The standard InChI is InChI=1S/C26H24N2O3S2/c1-17-9-11-18(12-10-17)26(30)31-16-23(29)28-25(22-8-4-14-33-22)21-7-2-5-19(24(21)27-28)15-20-6-3-13-32-20/h3-4,6,8-15,21,25H,2,5,7,16H2,1H3. The first-order valence-electron chi connectivity index (χ1n) is 11.0. The molecule has 0 saturated heterocycles. The molecule has 2 aromatic heterocycles. The van der Waals surface area contributed by atoms with Crippen LogP contribution < -0.4 is 0 Å². The minimum absolute atomic E-state index is 0.153. The number of benzene rings is 1. The van der Waals surface area contributed by atoms with E-state index in [0.29, 0.717) is 5.56 Å². The van der Waals surface area contributed by atoms with Gasteiger partial charge in [-0.3, -0.25) is 4.79 Å². The molecule has 2 atom stereocenters. The quantitative estimate of drug-likeness (QED) is 0.418. The zero-order chi connectivity index (χ0) is 22.8. The third kappa shape index (κ3) is 4.56. The first kappa shape index (κ1) is 21.8. The van der Waals surface area contributed by atoms with Crippen LogP contribution in [0.15, 0.2) is 70.0 Å². The number of thiophene rings is 2. The number of esters is 1. The van der Waals surface area contributed by atoms with Gasteiger partial charge < -0.3 is 4.74 Å². The molecule has 33 heavy (non-hydrogen) atoms. The molecule has 3 aromatic rings. The molecule has 3 heterocycles. The van der Waals surface area contributed by atoms with Gasteiger partial charge >= 0.3 is 5.97 Å². The van der Waals surface area contributed by atoms with Crippen molar-refractivity contribution in [1.29, 1.82) is 0 Å². The van der Waals surface area contributed by atoms with E-state index >= 15 is 0 Å². The SMILES string of the molecule is Cc1ccc(C(=O)OCC(=O)N2N=C3C(=Cc4cccs4)CCCC3C2c2cccs2)cc1. The highest BCUT2D eigenvalue weighted by Crippen LogP contribution is 2.45. The Morgan fingerprint density at radius 1 is 1.12 bits per heavy atom. The molecule has 5 nitrogen and oxygen atoms in total. The van der Waals surface area contributed by atoms with Crippen LogP contribution in [0, 0.1) is 12.8 Å². The second kappa shape index (κ2) is 9.45. The van der Waals surface area contributed by atoms with Crippen LogP contribution in [-0.4, -0.2) is 29.2 Å². The Morgan fingerprint density at radius 2 is 1.91 bits per heavy atom. The lowest BCUT2D eigenvalue weighted by Gasteiger charge is -2.28. The fraction of sp³-hybridized carbons (Fsp3) is 0.269. The first-order valence-corrected chi connectivity index (χ1v) is 12.8. The number of rotatable bonds is 5. The third-order valence-corrected chi connectivity index (χ3v) is 7.83. The fourth-order valence-electron chi connectivity index (χ4n) is 4.46. The van der Waals surface area contributed by atoms with Gasteiger partial charge in [0.1, 0.15) is 0 Å². The van der Waals surface area contributed by atoms with E-state index in [9.17, 15) is 9.59 Å². The Morgan fingerprint density at radius 3 is 2.64 bits per heavy atom. The maximum Gasteiger partial charge on any atom is 0.338 e. The lowest BCUT2D eigenvalue weighted by molar-refractivity contribution is -0.136. The van der Waals surface area contributed by atoms with Crippen molar-refractivity contribution in [1.82, 2.24) is 5.01 Å². The van der Waals surface area contributed by atoms with Crippen molar-refractivity contribution in [3.63, 3.8) is 0 Å². The highest BCUT2D eigenvalue weighted by Gasteiger charge is 2.44. The number of ether oxygens (including phenoxy) is 1. The molecule has 7 heteroatoms. The zero-order valence-corrected chi connectivity index (χ0v) is 19.9.